The molecule has 4 aromatic rings. The Kier molecular flexibility index (Phi) is 14.6. The Morgan fingerprint density at radius 2 is 0.500 bits per heavy atom. The van der Waals surface area contributed by atoms with Crippen LogP contribution in [0.3, 0.4) is 0 Å². The first-order valence-electron chi connectivity index (χ1n) is 18.7. The topological polar surface area (TPSA) is 123 Å². The molecular formula is C40H56N4O8P4. The average Bonchev–Trinajstić information content (AvgIpc) is 3.07. The van der Waals surface area contributed by atoms with Crippen molar-refractivity contribution in [3.63, 3.8) is 0 Å². The Balaban J connectivity index is 2.07. The third-order valence-electron chi connectivity index (χ3n) is 7.54. The molecule has 56 heavy (non-hydrogen) atoms. The van der Waals surface area contributed by atoms with Crippen LogP contribution in [0.2, 0.25) is 0 Å². The number of para-hydroxylation sites is 4. The van der Waals surface area contributed by atoms with Crippen molar-refractivity contribution in [3.8, 4) is 23.0 Å². The Labute approximate surface area is 333 Å². The van der Waals surface area contributed by atoms with Crippen LogP contribution in [0.5, 0.6) is 23.0 Å². The lowest BCUT2D eigenvalue weighted by Crippen LogP contribution is -2.13. The van der Waals surface area contributed by atoms with Crippen molar-refractivity contribution in [2.75, 3.05) is 0 Å². The molecule has 304 valence electrons. The summed E-state index contributed by atoms with van der Waals surface area (Å²) in [6, 6.07) is 30.4. The molecule has 0 unspecified atom stereocenters. The second kappa shape index (κ2) is 18.6. The molecule has 1 heterocycles. The van der Waals surface area contributed by atoms with Gasteiger partial charge in [-0.2, -0.15) is 0 Å². The van der Waals surface area contributed by atoms with Crippen molar-refractivity contribution in [3.05, 3.63) is 119 Å². The zero-order chi connectivity index (χ0) is 40.7. The van der Waals surface area contributed by atoms with Gasteiger partial charge in [0.2, 0.25) is 0 Å². The van der Waals surface area contributed by atoms with Gasteiger partial charge < -0.3 is 18.1 Å². The quantitative estimate of drug-likeness (QED) is 0.102. The van der Waals surface area contributed by atoms with Gasteiger partial charge in [-0.3, -0.25) is 18.1 Å². The van der Waals surface area contributed by atoms with E-state index in [2.05, 4.69) is 0 Å². The van der Waals surface area contributed by atoms with Crippen LogP contribution in [0.25, 0.3) is 0 Å². The summed E-state index contributed by atoms with van der Waals surface area (Å²) >= 11 is 0. The summed E-state index contributed by atoms with van der Waals surface area (Å²) in [5, 5.41) is 0. The third kappa shape index (κ3) is 11.5. The monoisotopic (exact) mass is 844 g/mol. The molecule has 1 aliphatic rings. The number of hydrogen-bond donors (Lipinski definition) is 0. The van der Waals surface area contributed by atoms with Crippen LogP contribution in [0.1, 0.15) is 77.6 Å². The summed E-state index contributed by atoms with van der Waals surface area (Å²) < 4.78 is 77.4. The fraction of sp³-hybridized carbons (Fsp3) is 0.400. The molecule has 0 bridgehead atoms. The zero-order valence-corrected chi connectivity index (χ0v) is 38.0. The van der Waals surface area contributed by atoms with Gasteiger partial charge in [-0.1, -0.05) is 72.8 Å². The van der Waals surface area contributed by atoms with Gasteiger partial charge in [0, 0.05) is 0 Å². The van der Waals surface area contributed by atoms with Crippen LogP contribution in [0.15, 0.2) is 115 Å². The lowest BCUT2D eigenvalue weighted by molar-refractivity contribution is 0.219. The van der Waals surface area contributed by atoms with Crippen LogP contribution >= 0.6 is 30.6 Å². The van der Waals surface area contributed by atoms with E-state index in [9.17, 15) is 0 Å². The Morgan fingerprint density at radius 1 is 0.321 bits per heavy atom. The number of nitrogens with zero attached hydrogens (tertiary/aromatic N) is 4. The standard InChI is InChI=1S/C40H56N4O8P4/c1-29(2)45-53(49-37-25-17-13-21-33(37)9)41-54(46-30(3)4,50-38-26-18-14-22-34(38)10)43-56(48-32(7)8,52-40-28-20-16-24-36(40)12)44-55(42-53,47-31(5)6)51-39-27-19-15-23-35(39)11/h13-32H,1-12H3. The van der Waals surface area contributed by atoms with E-state index in [1.54, 1.807) is 0 Å². The molecule has 0 amide bonds. The van der Waals surface area contributed by atoms with Crippen molar-refractivity contribution >= 4 is 30.6 Å². The molecule has 0 N–H and O–H groups in total. The third-order valence-corrected chi connectivity index (χ3v) is 19.3. The molecule has 16 heteroatoms. The summed E-state index contributed by atoms with van der Waals surface area (Å²) in [7, 11) is -16.2. The Morgan fingerprint density at radius 3 is 0.661 bits per heavy atom. The molecule has 0 atom stereocenters. The lowest BCUT2D eigenvalue weighted by Gasteiger charge is -2.35. The first-order valence-corrected chi connectivity index (χ1v) is 24.9. The highest BCUT2D eigenvalue weighted by Crippen LogP contribution is 2.81. The van der Waals surface area contributed by atoms with Crippen molar-refractivity contribution in [1.82, 2.24) is 0 Å². The van der Waals surface area contributed by atoms with Crippen molar-refractivity contribution < 1.29 is 36.2 Å². The van der Waals surface area contributed by atoms with Crippen LogP contribution in [0.4, 0.5) is 0 Å². The fourth-order valence-electron chi connectivity index (χ4n) is 5.29. The second-order valence-corrected chi connectivity index (χ2v) is 22.7. The van der Waals surface area contributed by atoms with E-state index < -0.39 is 55.1 Å². The smallest absolute Gasteiger partial charge is 0.404 e. The summed E-state index contributed by atoms with van der Waals surface area (Å²) in [4.78, 5) is 0. The summed E-state index contributed by atoms with van der Waals surface area (Å²) in [6.07, 6.45) is -1.86. The maximum absolute atomic E-state index is 7.02. The highest BCUT2D eigenvalue weighted by Gasteiger charge is 2.48. The number of aryl methyl sites for hydroxylation is 4. The van der Waals surface area contributed by atoms with Crippen LogP contribution < -0.4 is 18.1 Å². The van der Waals surface area contributed by atoms with E-state index >= 15 is 0 Å². The van der Waals surface area contributed by atoms with E-state index in [1.807, 2.05) is 180 Å². The second-order valence-electron chi connectivity index (χ2n) is 14.4. The molecule has 4 aromatic carbocycles. The molecule has 1 aliphatic heterocycles. The SMILES string of the molecule is Cc1ccccc1OP1(OC(C)C)=NP(Oc2ccccc2C)(OC(C)C)=NP(Oc2ccccc2C)(OC(C)C)=NP(Oc2ccccc2C)(OC(C)C)=N1. The van der Waals surface area contributed by atoms with Gasteiger partial charge in [0.05, 0.1) is 24.4 Å². The minimum absolute atomic E-state index is 0.465. The van der Waals surface area contributed by atoms with E-state index in [0.29, 0.717) is 23.0 Å². The van der Waals surface area contributed by atoms with Crippen molar-refractivity contribution in [2.24, 2.45) is 18.1 Å². The molecule has 0 fully saturated rings. The molecule has 12 nitrogen and oxygen atoms in total. The van der Waals surface area contributed by atoms with Crippen molar-refractivity contribution in [2.45, 2.75) is 108 Å². The maximum Gasteiger partial charge on any atom is 0.404 e. The molecule has 0 aliphatic carbocycles. The average molecular weight is 845 g/mol. The predicted octanol–water partition coefficient (Wildman–Crippen LogP) is 15.0. The van der Waals surface area contributed by atoms with Gasteiger partial charge in [-0.05, 0) is 130 Å². The summed E-state index contributed by atoms with van der Waals surface area (Å²) in [5.41, 5.74) is 3.32. The molecule has 0 radical (unpaired) electrons. The Hall–Kier alpha value is -3.16. The van der Waals surface area contributed by atoms with Crippen LogP contribution in [0, 0.1) is 27.7 Å². The summed E-state index contributed by atoms with van der Waals surface area (Å²) in [5.74, 6) is 1.95. The number of hydrogen-bond acceptors (Lipinski definition) is 12. The highest BCUT2D eigenvalue weighted by molar-refractivity contribution is 7.79. The largest absolute Gasteiger partial charge is 0.422 e. The lowest BCUT2D eigenvalue weighted by atomic mass is 10.2. The van der Waals surface area contributed by atoms with Gasteiger partial charge in [0.25, 0.3) is 0 Å². The predicted molar refractivity (Wildman–Crippen MR) is 230 cm³/mol. The van der Waals surface area contributed by atoms with Gasteiger partial charge in [-0.15, -0.1) is 18.1 Å². The molecule has 0 saturated heterocycles. The molecule has 5 rings (SSSR count). The van der Waals surface area contributed by atoms with Crippen LogP contribution in [-0.2, 0) is 18.1 Å². The van der Waals surface area contributed by atoms with Gasteiger partial charge >= 0.3 is 30.6 Å². The van der Waals surface area contributed by atoms with E-state index in [1.165, 1.54) is 0 Å². The molecular weight excluding hydrogens is 788 g/mol. The zero-order valence-electron chi connectivity index (χ0n) is 34.4. The number of rotatable bonds is 16. The fourth-order valence-corrected chi connectivity index (χ4v) is 18.5. The van der Waals surface area contributed by atoms with Gasteiger partial charge in [-0.25, -0.2) is 0 Å². The minimum Gasteiger partial charge on any atom is -0.422 e. The number of benzene rings is 4. The first-order chi connectivity index (χ1) is 26.5. The minimum atomic E-state index is -4.04. The normalized spacial score (nSPS) is 23.7. The first kappa shape index (κ1) is 44.0. The van der Waals surface area contributed by atoms with E-state index in [4.69, 9.17) is 54.3 Å². The molecule has 0 aromatic heterocycles. The summed E-state index contributed by atoms with van der Waals surface area (Å²) in [6.45, 7) is 22.9. The van der Waals surface area contributed by atoms with Crippen LogP contribution in [-0.4, -0.2) is 24.4 Å². The maximum atomic E-state index is 7.02. The van der Waals surface area contributed by atoms with Gasteiger partial charge in [0.15, 0.2) is 0 Å². The van der Waals surface area contributed by atoms with Gasteiger partial charge in [0.1, 0.15) is 23.0 Å². The van der Waals surface area contributed by atoms with E-state index in [0.717, 1.165) is 22.3 Å². The highest BCUT2D eigenvalue weighted by atomic mass is 31.3. The molecule has 0 spiro atoms. The Bertz CT molecular complexity index is 1890. The van der Waals surface area contributed by atoms with E-state index in [-0.39, 0.29) is 0 Å². The molecule has 0 saturated carbocycles. The van der Waals surface area contributed by atoms with Crippen molar-refractivity contribution in [1.29, 1.82) is 0 Å².